The molecule has 0 radical (unpaired) electrons. The van der Waals surface area contributed by atoms with Gasteiger partial charge in [-0.2, -0.15) is 4.98 Å². The molecular formula is C30H34F2N6O2. The minimum absolute atomic E-state index is 0.00593. The summed E-state index contributed by atoms with van der Waals surface area (Å²) in [6.07, 6.45) is 1.41. The topological polar surface area (TPSA) is 85.2 Å². The van der Waals surface area contributed by atoms with Crippen molar-refractivity contribution < 1.29 is 13.5 Å². The number of benzene rings is 1. The molecule has 10 heteroatoms. The first-order chi connectivity index (χ1) is 19.1. The van der Waals surface area contributed by atoms with Gasteiger partial charge in [-0.15, -0.1) is 0 Å². The monoisotopic (exact) mass is 548 g/mol. The maximum atomic E-state index is 16.0. The van der Waals surface area contributed by atoms with E-state index in [0.29, 0.717) is 42.2 Å². The van der Waals surface area contributed by atoms with Crippen LogP contribution in [0.15, 0.2) is 41.3 Å². The lowest BCUT2D eigenvalue weighted by Gasteiger charge is -2.35. The summed E-state index contributed by atoms with van der Waals surface area (Å²) in [5.74, 6) is -0.928. The Bertz CT molecular complexity index is 1640. The number of aryl methyl sites for hydroxylation is 1. The Kier molecular flexibility index (Phi) is 7.55. The van der Waals surface area contributed by atoms with Crippen molar-refractivity contribution in [1.82, 2.24) is 24.8 Å². The fourth-order valence-electron chi connectivity index (χ4n) is 5.23. The van der Waals surface area contributed by atoms with Gasteiger partial charge in [0.2, 0.25) is 0 Å². The highest BCUT2D eigenvalue weighted by atomic mass is 19.1. The zero-order chi connectivity index (χ0) is 28.7. The third kappa shape index (κ3) is 4.92. The molecule has 210 valence electrons. The molecule has 0 amide bonds. The lowest BCUT2D eigenvalue weighted by Crippen LogP contribution is -2.50. The molecule has 0 unspecified atom stereocenters. The molecule has 1 fully saturated rings. The van der Waals surface area contributed by atoms with Crippen LogP contribution in [0.4, 0.5) is 14.6 Å². The van der Waals surface area contributed by atoms with Crippen molar-refractivity contribution in [1.29, 1.82) is 0 Å². The first-order valence-corrected chi connectivity index (χ1v) is 13.6. The fraction of sp³-hybridized carbons (Fsp3) is 0.400. The Morgan fingerprint density at radius 1 is 1.10 bits per heavy atom. The number of pyridine rings is 2. The highest BCUT2D eigenvalue weighted by Gasteiger charge is 2.28. The van der Waals surface area contributed by atoms with Crippen LogP contribution in [0.2, 0.25) is 0 Å². The molecule has 3 aromatic heterocycles. The standard InChI is InChI=1S/C30H34F2N6O2/c1-16(2)25-27(18(5)10-11-34-25)38-29-20(28(36-30(38)39)37-13-12-33-15-19(37)6)14-22(32)26(35-29)24-21(31)8-7-9-23(24)40-17(3)4/h7-11,14,16-17,19,33H,12-13,15H2,1-6H3/t19-/m0/s1. The van der Waals surface area contributed by atoms with Gasteiger partial charge < -0.3 is 15.0 Å². The van der Waals surface area contributed by atoms with Crippen LogP contribution in [0.25, 0.3) is 28.0 Å². The zero-order valence-electron chi connectivity index (χ0n) is 23.6. The van der Waals surface area contributed by atoms with Crippen molar-refractivity contribution in [3.8, 4) is 22.7 Å². The number of ether oxygens (including phenoxy) is 1. The lowest BCUT2D eigenvalue weighted by atomic mass is 10.0. The first kappa shape index (κ1) is 27.6. The molecule has 1 aromatic carbocycles. The van der Waals surface area contributed by atoms with Crippen molar-refractivity contribution in [2.75, 3.05) is 24.5 Å². The smallest absolute Gasteiger partial charge is 0.355 e. The lowest BCUT2D eigenvalue weighted by molar-refractivity contribution is 0.242. The summed E-state index contributed by atoms with van der Waals surface area (Å²) in [4.78, 5) is 29.6. The summed E-state index contributed by atoms with van der Waals surface area (Å²) in [6, 6.07) is 7.45. The molecule has 5 rings (SSSR count). The summed E-state index contributed by atoms with van der Waals surface area (Å²) in [7, 11) is 0. The van der Waals surface area contributed by atoms with E-state index >= 15 is 8.78 Å². The summed E-state index contributed by atoms with van der Waals surface area (Å²) >= 11 is 0. The average Bonchev–Trinajstić information content (AvgIpc) is 2.89. The minimum Gasteiger partial charge on any atom is -0.490 e. The molecular weight excluding hydrogens is 514 g/mol. The second-order valence-corrected chi connectivity index (χ2v) is 10.8. The number of hydrogen-bond donors (Lipinski definition) is 1. The van der Waals surface area contributed by atoms with Crippen LogP contribution < -0.4 is 20.6 Å². The highest BCUT2D eigenvalue weighted by molar-refractivity contribution is 5.91. The molecule has 1 aliphatic rings. The van der Waals surface area contributed by atoms with E-state index in [2.05, 4.69) is 15.3 Å². The zero-order valence-corrected chi connectivity index (χ0v) is 23.6. The largest absolute Gasteiger partial charge is 0.490 e. The maximum absolute atomic E-state index is 16.0. The van der Waals surface area contributed by atoms with E-state index in [4.69, 9.17) is 9.72 Å². The Morgan fingerprint density at radius 2 is 1.88 bits per heavy atom. The molecule has 0 aliphatic carbocycles. The molecule has 0 bridgehead atoms. The van der Waals surface area contributed by atoms with Crippen LogP contribution in [-0.2, 0) is 0 Å². The van der Waals surface area contributed by atoms with Gasteiger partial charge in [-0.25, -0.2) is 23.1 Å². The molecule has 40 heavy (non-hydrogen) atoms. The Labute approximate surface area is 232 Å². The van der Waals surface area contributed by atoms with E-state index in [1.54, 1.807) is 12.3 Å². The van der Waals surface area contributed by atoms with Crippen molar-refractivity contribution in [2.45, 2.75) is 59.6 Å². The summed E-state index contributed by atoms with van der Waals surface area (Å²) < 4.78 is 38.6. The number of hydrogen-bond acceptors (Lipinski definition) is 7. The molecule has 4 aromatic rings. The Morgan fingerprint density at radius 3 is 2.58 bits per heavy atom. The van der Waals surface area contributed by atoms with Crippen molar-refractivity contribution in [2.24, 2.45) is 0 Å². The number of rotatable bonds is 6. The first-order valence-electron chi connectivity index (χ1n) is 13.6. The second-order valence-electron chi connectivity index (χ2n) is 10.8. The number of nitrogens with zero attached hydrogens (tertiary/aromatic N) is 5. The van der Waals surface area contributed by atoms with Crippen LogP contribution in [0.5, 0.6) is 5.75 Å². The van der Waals surface area contributed by atoms with E-state index in [9.17, 15) is 4.79 Å². The predicted molar refractivity (Wildman–Crippen MR) is 153 cm³/mol. The van der Waals surface area contributed by atoms with Crippen LogP contribution >= 0.6 is 0 Å². The molecule has 0 spiro atoms. The normalized spacial score (nSPS) is 15.8. The van der Waals surface area contributed by atoms with Gasteiger partial charge in [0.1, 0.15) is 23.1 Å². The number of piperazine rings is 1. The number of fused-ring (bicyclic) bond motifs is 1. The Balaban J connectivity index is 1.90. The van der Waals surface area contributed by atoms with Crippen molar-refractivity contribution in [3.05, 3.63) is 69.9 Å². The molecule has 1 aliphatic heterocycles. The van der Waals surface area contributed by atoms with Crippen LogP contribution in [0.1, 0.15) is 51.8 Å². The molecule has 4 heterocycles. The number of nitrogens with one attached hydrogen (secondary N) is 1. The summed E-state index contributed by atoms with van der Waals surface area (Å²) in [6.45, 7) is 13.4. The van der Waals surface area contributed by atoms with Crippen LogP contribution in [0.3, 0.4) is 0 Å². The van der Waals surface area contributed by atoms with Gasteiger partial charge in [0.25, 0.3) is 0 Å². The average molecular weight is 549 g/mol. The van der Waals surface area contributed by atoms with E-state index < -0.39 is 17.3 Å². The fourth-order valence-corrected chi connectivity index (χ4v) is 5.23. The van der Waals surface area contributed by atoms with Crippen molar-refractivity contribution in [3.63, 3.8) is 0 Å². The SMILES string of the molecule is Cc1ccnc(C(C)C)c1-n1c(=O)nc(N2CCNC[C@@H]2C)c2cc(F)c(-c3c(F)cccc3OC(C)C)nc21. The highest BCUT2D eigenvalue weighted by Crippen LogP contribution is 2.37. The molecule has 0 saturated carbocycles. The molecule has 8 nitrogen and oxygen atoms in total. The van der Waals surface area contributed by atoms with E-state index in [1.807, 2.05) is 52.5 Å². The van der Waals surface area contributed by atoms with Gasteiger partial charge in [0.05, 0.1) is 28.4 Å². The van der Waals surface area contributed by atoms with Gasteiger partial charge in [-0.05, 0) is 63.4 Å². The molecule has 1 N–H and O–H groups in total. The molecule has 1 saturated heterocycles. The number of aromatic nitrogens is 4. The van der Waals surface area contributed by atoms with Crippen molar-refractivity contribution >= 4 is 16.9 Å². The maximum Gasteiger partial charge on any atom is 0.355 e. The second kappa shape index (κ2) is 10.9. The van der Waals surface area contributed by atoms with E-state index in [0.717, 1.165) is 5.56 Å². The van der Waals surface area contributed by atoms with Gasteiger partial charge in [-0.1, -0.05) is 19.9 Å². The number of halogens is 2. The van der Waals surface area contributed by atoms with E-state index in [-0.39, 0.29) is 40.7 Å². The molecule has 1 atom stereocenters. The van der Waals surface area contributed by atoms with Gasteiger partial charge in [0, 0.05) is 31.9 Å². The third-order valence-corrected chi connectivity index (χ3v) is 7.07. The number of anilines is 1. The van der Waals surface area contributed by atoms with Gasteiger partial charge in [0.15, 0.2) is 11.5 Å². The quantitative estimate of drug-likeness (QED) is 0.357. The Hall–Kier alpha value is -3.92. The van der Waals surface area contributed by atoms with Gasteiger partial charge in [-0.3, -0.25) is 4.98 Å². The predicted octanol–water partition coefficient (Wildman–Crippen LogP) is 5.14. The van der Waals surface area contributed by atoms with Crippen LogP contribution in [-0.4, -0.2) is 51.3 Å². The van der Waals surface area contributed by atoms with Crippen LogP contribution in [0, 0.1) is 18.6 Å². The van der Waals surface area contributed by atoms with E-state index in [1.165, 1.54) is 22.8 Å². The summed E-state index contributed by atoms with van der Waals surface area (Å²) in [5.41, 5.74) is 1.27. The van der Waals surface area contributed by atoms with Gasteiger partial charge >= 0.3 is 5.69 Å². The third-order valence-electron chi connectivity index (χ3n) is 7.07. The minimum atomic E-state index is -0.741. The summed E-state index contributed by atoms with van der Waals surface area (Å²) in [5, 5.41) is 3.68.